The second-order valence-electron chi connectivity index (χ2n) is 7.78. The van der Waals surface area contributed by atoms with Crippen molar-refractivity contribution < 1.29 is 4.39 Å². The number of H-pyrrole nitrogens is 1. The standard InChI is InChI=1S/C22H18FN7O/c23-16-9-2-1-5-13(16)12-29-21-15(8-4-10-24-21)18(28-29)20-25-11-17-19(26-20)27-22(31)30(17)14-6-3-7-14/h1-2,4-5,8-11,14H,3,6-7,12H2,(H,25,26,27,31). The number of hydrogen-bond acceptors (Lipinski definition) is 5. The normalized spacial score (nSPS) is 14.4. The highest BCUT2D eigenvalue weighted by Crippen LogP contribution is 2.32. The number of aromatic nitrogens is 7. The van der Waals surface area contributed by atoms with Gasteiger partial charge in [0.1, 0.15) is 17.0 Å². The van der Waals surface area contributed by atoms with E-state index in [4.69, 9.17) is 0 Å². The molecule has 5 aromatic rings. The fourth-order valence-electron chi connectivity index (χ4n) is 4.11. The van der Waals surface area contributed by atoms with Gasteiger partial charge in [0.15, 0.2) is 17.1 Å². The quantitative estimate of drug-likeness (QED) is 0.485. The van der Waals surface area contributed by atoms with Crippen LogP contribution >= 0.6 is 0 Å². The van der Waals surface area contributed by atoms with Crippen molar-refractivity contribution in [1.82, 2.24) is 34.3 Å². The topological polar surface area (TPSA) is 94.3 Å². The summed E-state index contributed by atoms with van der Waals surface area (Å²) in [4.78, 5) is 28.8. The van der Waals surface area contributed by atoms with Gasteiger partial charge in [0.25, 0.3) is 0 Å². The highest BCUT2D eigenvalue weighted by molar-refractivity contribution is 5.90. The van der Waals surface area contributed by atoms with E-state index in [1.54, 1.807) is 39.8 Å². The van der Waals surface area contributed by atoms with Gasteiger partial charge in [-0.05, 0) is 37.5 Å². The summed E-state index contributed by atoms with van der Waals surface area (Å²) < 4.78 is 17.6. The van der Waals surface area contributed by atoms with E-state index in [0.29, 0.717) is 33.9 Å². The molecule has 1 aliphatic carbocycles. The van der Waals surface area contributed by atoms with Crippen molar-refractivity contribution >= 4 is 22.2 Å². The van der Waals surface area contributed by atoms with E-state index in [9.17, 15) is 9.18 Å². The van der Waals surface area contributed by atoms with E-state index in [1.165, 1.54) is 6.07 Å². The Morgan fingerprint density at radius 2 is 2.00 bits per heavy atom. The maximum absolute atomic E-state index is 14.2. The molecule has 1 aliphatic rings. The summed E-state index contributed by atoms with van der Waals surface area (Å²) >= 11 is 0. The van der Waals surface area contributed by atoms with E-state index in [-0.39, 0.29) is 24.1 Å². The van der Waals surface area contributed by atoms with Crippen molar-refractivity contribution in [3.63, 3.8) is 0 Å². The molecule has 1 N–H and O–H groups in total. The Labute approximate surface area is 175 Å². The molecule has 0 bridgehead atoms. The van der Waals surface area contributed by atoms with E-state index in [1.807, 2.05) is 12.1 Å². The number of imidazole rings is 1. The first-order valence-electron chi connectivity index (χ1n) is 10.2. The van der Waals surface area contributed by atoms with Crippen LogP contribution in [0, 0.1) is 5.82 Å². The fourth-order valence-corrected chi connectivity index (χ4v) is 4.11. The van der Waals surface area contributed by atoms with Crippen molar-refractivity contribution in [3.8, 4) is 11.5 Å². The van der Waals surface area contributed by atoms with Crippen molar-refractivity contribution in [2.75, 3.05) is 0 Å². The molecule has 0 spiro atoms. The Kier molecular flexibility index (Phi) is 3.95. The summed E-state index contributed by atoms with van der Waals surface area (Å²) in [6.45, 7) is 0.233. The minimum atomic E-state index is -0.295. The number of benzene rings is 1. The van der Waals surface area contributed by atoms with Crippen LogP contribution < -0.4 is 5.69 Å². The Morgan fingerprint density at radius 1 is 1.13 bits per heavy atom. The molecule has 9 heteroatoms. The molecule has 1 saturated carbocycles. The number of aromatic amines is 1. The molecule has 8 nitrogen and oxygen atoms in total. The van der Waals surface area contributed by atoms with Crippen LogP contribution in [0.15, 0.2) is 53.6 Å². The van der Waals surface area contributed by atoms with Gasteiger partial charge in [0, 0.05) is 17.8 Å². The lowest BCUT2D eigenvalue weighted by Gasteiger charge is -2.26. The van der Waals surface area contributed by atoms with Gasteiger partial charge in [-0.15, -0.1) is 0 Å². The predicted octanol–water partition coefficient (Wildman–Crippen LogP) is 3.44. The average Bonchev–Trinajstić information content (AvgIpc) is 3.26. The Hall–Kier alpha value is -3.88. The molecule has 0 radical (unpaired) electrons. The molecule has 0 unspecified atom stereocenters. The molecule has 0 saturated heterocycles. The maximum atomic E-state index is 14.2. The number of rotatable bonds is 4. The minimum Gasteiger partial charge on any atom is -0.290 e. The minimum absolute atomic E-state index is 0.164. The lowest BCUT2D eigenvalue weighted by Crippen LogP contribution is -2.26. The van der Waals surface area contributed by atoms with E-state index in [2.05, 4.69) is 25.0 Å². The zero-order valence-corrected chi connectivity index (χ0v) is 16.5. The van der Waals surface area contributed by atoms with Gasteiger partial charge in [-0.2, -0.15) is 5.10 Å². The first-order valence-corrected chi connectivity index (χ1v) is 10.2. The van der Waals surface area contributed by atoms with Crippen LogP contribution in [0.3, 0.4) is 0 Å². The fraction of sp³-hybridized carbons (Fsp3) is 0.227. The predicted molar refractivity (Wildman–Crippen MR) is 113 cm³/mol. The molecule has 1 fully saturated rings. The number of nitrogens with zero attached hydrogens (tertiary/aromatic N) is 6. The van der Waals surface area contributed by atoms with Crippen molar-refractivity contribution in [2.45, 2.75) is 31.8 Å². The molecule has 4 heterocycles. The van der Waals surface area contributed by atoms with Crippen LogP contribution in [-0.2, 0) is 6.54 Å². The van der Waals surface area contributed by atoms with Crippen molar-refractivity contribution in [3.05, 3.63) is 70.7 Å². The van der Waals surface area contributed by atoms with Gasteiger partial charge in [-0.25, -0.2) is 28.8 Å². The third kappa shape index (κ3) is 2.84. The lowest BCUT2D eigenvalue weighted by molar-refractivity contribution is 0.314. The SMILES string of the molecule is O=c1[nH]c2nc(-c3nn(Cc4ccccc4F)c4ncccc34)ncc2n1C1CCC1. The molecule has 0 aliphatic heterocycles. The highest BCUT2D eigenvalue weighted by atomic mass is 19.1. The first kappa shape index (κ1) is 17.9. The molecule has 0 amide bonds. The molecule has 1 aromatic carbocycles. The molecule has 154 valence electrons. The Morgan fingerprint density at radius 3 is 2.81 bits per heavy atom. The van der Waals surface area contributed by atoms with Crippen LogP contribution in [0.25, 0.3) is 33.7 Å². The number of halogens is 1. The van der Waals surface area contributed by atoms with Crippen LogP contribution in [-0.4, -0.2) is 34.3 Å². The van der Waals surface area contributed by atoms with Crippen LogP contribution in [0.1, 0.15) is 30.9 Å². The van der Waals surface area contributed by atoms with Gasteiger partial charge in [0.05, 0.1) is 18.1 Å². The molecule has 0 atom stereocenters. The number of hydrogen-bond donors (Lipinski definition) is 1. The second-order valence-corrected chi connectivity index (χ2v) is 7.78. The van der Waals surface area contributed by atoms with Crippen molar-refractivity contribution in [1.29, 1.82) is 0 Å². The summed E-state index contributed by atoms with van der Waals surface area (Å²) in [5, 5.41) is 5.42. The average molecular weight is 415 g/mol. The van der Waals surface area contributed by atoms with Crippen LogP contribution in [0.2, 0.25) is 0 Å². The molecule has 31 heavy (non-hydrogen) atoms. The molecule has 4 aromatic heterocycles. The first-order chi connectivity index (χ1) is 15.2. The zero-order valence-electron chi connectivity index (χ0n) is 16.5. The van der Waals surface area contributed by atoms with Gasteiger partial charge in [0.2, 0.25) is 0 Å². The molecule has 6 rings (SSSR count). The van der Waals surface area contributed by atoms with Gasteiger partial charge < -0.3 is 0 Å². The summed E-state index contributed by atoms with van der Waals surface area (Å²) in [6.07, 6.45) is 6.45. The third-order valence-electron chi connectivity index (χ3n) is 5.91. The van der Waals surface area contributed by atoms with Gasteiger partial charge in [-0.3, -0.25) is 9.55 Å². The third-order valence-corrected chi connectivity index (χ3v) is 5.91. The van der Waals surface area contributed by atoms with Crippen LogP contribution in [0.5, 0.6) is 0 Å². The monoisotopic (exact) mass is 415 g/mol. The Bertz CT molecular complexity index is 1500. The largest absolute Gasteiger partial charge is 0.327 e. The summed E-state index contributed by atoms with van der Waals surface area (Å²) in [5.41, 5.74) is 2.70. The maximum Gasteiger partial charge on any atom is 0.327 e. The molecular formula is C22H18FN7O. The lowest BCUT2D eigenvalue weighted by atomic mass is 9.93. The molecular weight excluding hydrogens is 397 g/mol. The second kappa shape index (κ2) is 6.83. The van der Waals surface area contributed by atoms with Gasteiger partial charge >= 0.3 is 5.69 Å². The van der Waals surface area contributed by atoms with Crippen molar-refractivity contribution in [2.24, 2.45) is 0 Å². The highest BCUT2D eigenvalue weighted by Gasteiger charge is 2.25. The number of pyridine rings is 1. The van der Waals surface area contributed by atoms with Gasteiger partial charge in [-0.1, -0.05) is 18.2 Å². The summed E-state index contributed by atoms with van der Waals surface area (Å²) in [6, 6.07) is 10.5. The van der Waals surface area contributed by atoms with E-state index >= 15 is 0 Å². The van der Waals surface area contributed by atoms with E-state index < -0.39 is 0 Å². The zero-order chi connectivity index (χ0) is 20.9. The number of fused-ring (bicyclic) bond motifs is 2. The van der Waals surface area contributed by atoms with Crippen LogP contribution in [0.4, 0.5) is 4.39 Å². The number of nitrogens with one attached hydrogen (secondary N) is 1. The Balaban J connectivity index is 1.48. The van der Waals surface area contributed by atoms with E-state index in [0.717, 1.165) is 24.6 Å². The summed E-state index contributed by atoms with van der Waals surface area (Å²) in [5.74, 6) is 0.0935. The summed E-state index contributed by atoms with van der Waals surface area (Å²) in [7, 11) is 0. The smallest absolute Gasteiger partial charge is 0.290 e.